The van der Waals surface area contributed by atoms with Crippen LogP contribution in [0.3, 0.4) is 0 Å². The molecule has 6 nitrogen and oxygen atoms in total. The van der Waals surface area contributed by atoms with Gasteiger partial charge in [0.1, 0.15) is 0 Å². The van der Waals surface area contributed by atoms with Gasteiger partial charge in [-0.25, -0.2) is 0 Å². The Bertz CT molecular complexity index is 1010. The molecular formula is C59H113NO5. The fourth-order valence-corrected chi connectivity index (χ4v) is 8.98. The molecule has 2 unspecified atom stereocenters. The molecule has 0 aliphatic rings. The largest absolute Gasteiger partial charge is 0.466 e. The van der Waals surface area contributed by atoms with Crippen LogP contribution in [-0.4, -0.2) is 47.4 Å². The highest BCUT2D eigenvalue weighted by Crippen LogP contribution is 2.17. The number of hydrogen-bond acceptors (Lipinski definition) is 5. The van der Waals surface area contributed by atoms with Gasteiger partial charge >= 0.3 is 5.97 Å². The number of nitrogens with one attached hydrogen (secondary N) is 1. The molecular weight excluding hydrogens is 803 g/mol. The molecule has 0 aromatic carbocycles. The van der Waals surface area contributed by atoms with E-state index < -0.39 is 12.1 Å². The molecule has 65 heavy (non-hydrogen) atoms. The molecule has 0 aromatic rings. The average Bonchev–Trinajstić information content (AvgIpc) is 3.31. The summed E-state index contributed by atoms with van der Waals surface area (Å²) in [6.45, 7) is 4.87. The van der Waals surface area contributed by atoms with Gasteiger partial charge in [0.15, 0.2) is 0 Å². The second-order valence-corrected chi connectivity index (χ2v) is 20.0. The standard InChI is InChI=1S/C59H113NO5/c1-3-5-7-9-11-13-15-33-37-41-45-49-53-59(64)65-54-50-46-42-38-34-30-28-26-24-22-20-18-16-17-19-21-23-25-27-29-32-36-40-44-48-52-58(63)60-56(55-61)57(62)51-47-43-39-35-31-14-12-10-8-6-4-2/h11,13,47,51,56-57,61-62H,3-10,12,14-46,48-50,52-55H2,1-2H3,(H,60,63)/b13-11-,51-47+. The van der Waals surface area contributed by atoms with E-state index >= 15 is 0 Å². The number of aliphatic hydroxyl groups excluding tert-OH is 2. The molecule has 0 heterocycles. The van der Waals surface area contributed by atoms with Crippen LogP contribution in [0.5, 0.6) is 0 Å². The van der Waals surface area contributed by atoms with Crippen LogP contribution >= 0.6 is 0 Å². The van der Waals surface area contributed by atoms with E-state index in [0.717, 1.165) is 44.9 Å². The first kappa shape index (κ1) is 63.3. The Labute approximate surface area is 405 Å². The van der Waals surface area contributed by atoms with E-state index in [4.69, 9.17) is 4.74 Å². The molecule has 0 fully saturated rings. The SMILES string of the molecule is CCCCC/C=C\CCCCCCCC(=O)OCCCCCCCCCCCCCCCCCCCCCCCCCCCC(=O)NC(CO)C(O)/C=C/CCCCCCCCCCC. The molecule has 0 bridgehead atoms. The summed E-state index contributed by atoms with van der Waals surface area (Å²) in [5, 5.41) is 23.0. The highest BCUT2D eigenvalue weighted by Gasteiger charge is 2.18. The van der Waals surface area contributed by atoms with Crippen LogP contribution in [0.25, 0.3) is 0 Å². The van der Waals surface area contributed by atoms with Gasteiger partial charge in [0, 0.05) is 12.8 Å². The van der Waals surface area contributed by atoms with E-state index in [-0.39, 0.29) is 18.5 Å². The molecule has 0 spiro atoms. The lowest BCUT2D eigenvalue weighted by atomic mass is 10.0. The summed E-state index contributed by atoms with van der Waals surface area (Å²) in [5.74, 6) is -0.0612. The van der Waals surface area contributed by atoms with E-state index in [0.29, 0.717) is 19.4 Å². The first-order chi connectivity index (χ1) is 32.0. The molecule has 0 saturated carbocycles. The van der Waals surface area contributed by atoms with Crippen molar-refractivity contribution in [1.29, 1.82) is 0 Å². The molecule has 1 amide bonds. The molecule has 0 aliphatic heterocycles. The van der Waals surface area contributed by atoms with Crippen molar-refractivity contribution in [2.45, 2.75) is 328 Å². The summed E-state index contributed by atoms with van der Waals surface area (Å²) in [4.78, 5) is 24.4. The minimum atomic E-state index is -0.841. The summed E-state index contributed by atoms with van der Waals surface area (Å²) in [7, 11) is 0. The van der Waals surface area contributed by atoms with Crippen LogP contribution in [-0.2, 0) is 14.3 Å². The molecule has 0 saturated heterocycles. The lowest BCUT2D eigenvalue weighted by Gasteiger charge is -2.20. The number of amides is 1. The highest BCUT2D eigenvalue weighted by molar-refractivity contribution is 5.76. The quantitative estimate of drug-likeness (QED) is 0.0321. The average molecular weight is 917 g/mol. The van der Waals surface area contributed by atoms with Crippen LogP contribution in [0.4, 0.5) is 0 Å². The Balaban J connectivity index is 3.36. The van der Waals surface area contributed by atoms with Crippen LogP contribution in [0.2, 0.25) is 0 Å². The number of esters is 1. The summed E-state index contributed by atoms with van der Waals surface area (Å²) >= 11 is 0. The second kappa shape index (κ2) is 54.9. The maximum absolute atomic E-state index is 12.4. The van der Waals surface area contributed by atoms with Gasteiger partial charge in [-0.15, -0.1) is 0 Å². The highest BCUT2D eigenvalue weighted by atomic mass is 16.5. The molecule has 0 aromatic heterocycles. The van der Waals surface area contributed by atoms with Gasteiger partial charge in [-0.1, -0.05) is 269 Å². The van der Waals surface area contributed by atoms with Crippen LogP contribution in [0, 0.1) is 0 Å². The van der Waals surface area contributed by atoms with Gasteiger partial charge < -0.3 is 20.3 Å². The smallest absolute Gasteiger partial charge is 0.305 e. The molecule has 3 N–H and O–H groups in total. The number of rotatable bonds is 54. The van der Waals surface area contributed by atoms with Crippen molar-refractivity contribution in [1.82, 2.24) is 5.32 Å². The second-order valence-electron chi connectivity index (χ2n) is 20.0. The van der Waals surface area contributed by atoms with E-state index in [1.807, 2.05) is 6.08 Å². The summed E-state index contributed by atoms with van der Waals surface area (Å²) in [6.07, 6.45) is 66.4. The van der Waals surface area contributed by atoms with Gasteiger partial charge in [0.2, 0.25) is 5.91 Å². The Morgan fingerprint density at radius 2 is 0.723 bits per heavy atom. The fourth-order valence-electron chi connectivity index (χ4n) is 8.98. The van der Waals surface area contributed by atoms with Crippen molar-refractivity contribution >= 4 is 11.9 Å². The predicted molar refractivity (Wildman–Crippen MR) is 283 cm³/mol. The fraction of sp³-hybridized carbons (Fsp3) is 0.898. The molecule has 384 valence electrons. The van der Waals surface area contributed by atoms with Crippen molar-refractivity contribution in [2.75, 3.05) is 13.2 Å². The van der Waals surface area contributed by atoms with Crippen molar-refractivity contribution in [2.24, 2.45) is 0 Å². The van der Waals surface area contributed by atoms with Crippen LogP contribution < -0.4 is 5.32 Å². The molecule has 0 rings (SSSR count). The number of carbonyl (C=O) groups excluding carboxylic acids is 2. The van der Waals surface area contributed by atoms with E-state index in [1.54, 1.807) is 6.08 Å². The number of hydrogen-bond donors (Lipinski definition) is 3. The zero-order valence-corrected chi connectivity index (χ0v) is 43.7. The van der Waals surface area contributed by atoms with Gasteiger partial charge in [0.05, 0.1) is 25.4 Å². The van der Waals surface area contributed by atoms with Gasteiger partial charge in [0.25, 0.3) is 0 Å². The normalized spacial score (nSPS) is 12.7. The third kappa shape index (κ3) is 51.6. The Morgan fingerprint density at radius 3 is 1.12 bits per heavy atom. The lowest BCUT2D eigenvalue weighted by Crippen LogP contribution is -2.45. The summed E-state index contributed by atoms with van der Waals surface area (Å²) in [6, 6.07) is -0.624. The first-order valence-corrected chi connectivity index (χ1v) is 29.1. The zero-order chi connectivity index (χ0) is 47.2. The summed E-state index contributed by atoms with van der Waals surface area (Å²) < 4.78 is 5.46. The van der Waals surface area contributed by atoms with Crippen molar-refractivity contribution < 1.29 is 24.5 Å². The topological polar surface area (TPSA) is 95.9 Å². The lowest BCUT2D eigenvalue weighted by molar-refractivity contribution is -0.143. The van der Waals surface area contributed by atoms with Crippen molar-refractivity contribution in [3.05, 3.63) is 24.3 Å². The minimum Gasteiger partial charge on any atom is -0.466 e. The number of unbranched alkanes of at least 4 members (excludes halogenated alkanes) is 41. The Morgan fingerprint density at radius 1 is 0.415 bits per heavy atom. The molecule has 2 atom stereocenters. The van der Waals surface area contributed by atoms with E-state index in [1.165, 1.54) is 244 Å². The third-order valence-electron chi connectivity index (χ3n) is 13.5. The van der Waals surface area contributed by atoms with Gasteiger partial charge in [-0.05, 0) is 57.8 Å². The third-order valence-corrected chi connectivity index (χ3v) is 13.5. The predicted octanol–water partition coefficient (Wildman–Crippen LogP) is 17.9. The van der Waals surface area contributed by atoms with Crippen LogP contribution in [0.15, 0.2) is 24.3 Å². The maximum Gasteiger partial charge on any atom is 0.305 e. The minimum absolute atomic E-state index is 0.00570. The van der Waals surface area contributed by atoms with Crippen LogP contribution in [0.1, 0.15) is 316 Å². The Hall–Kier alpha value is -1.66. The number of allylic oxidation sites excluding steroid dienone is 3. The maximum atomic E-state index is 12.4. The molecule has 6 heteroatoms. The number of carbonyl (C=O) groups is 2. The zero-order valence-electron chi connectivity index (χ0n) is 43.7. The van der Waals surface area contributed by atoms with E-state index in [2.05, 4.69) is 31.3 Å². The summed E-state index contributed by atoms with van der Waals surface area (Å²) in [5.41, 5.74) is 0. The van der Waals surface area contributed by atoms with Crippen molar-refractivity contribution in [3.63, 3.8) is 0 Å². The van der Waals surface area contributed by atoms with Gasteiger partial charge in [-0.3, -0.25) is 9.59 Å². The monoisotopic (exact) mass is 916 g/mol. The number of ether oxygens (including phenoxy) is 1. The molecule has 0 aliphatic carbocycles. The Kier molecular flexibility index (Phi) is 53.5. The van der Waals surface area contributed by atoms with E-state index in [9.17, 15) is 19.8 Å². The van der Waals surface area contributed by atoms with Gasteiger partial charge in [-0.2, -0.15) is 0 Å². The molecule has 0 radical (unpaired) electrons. The first-order valence-electron chi connectivity index (χ1n) is 29.1. The van der Waals surface area contributed by atoms with Crippen molar-refractivity contribution in [3.8, 4) is 0 Å². The number of aliphatic hydroxyl groups is 2.